The van der Waals surface area contributed by atoms with Gasteiger partial charge in [-0.1, -0.05) is 107 Å². The summed E-state index contributed by atoms with van der Waals surface area (Å²) in [6.45, 7) is 2.27. The van der Waals surface area contributed by atoms with Crippen LogP contribution in [0.15, 0.2) is 58.8 Å². The third-order valence-corrected chi connectivity index (χ3v) is 8.10. The summed E-state index contributed by atoms with van der Waals surface area (Å²) < 4.78 is 5.37. The lowest BCUT2D eigenvalue weighted by Crippen LogP contribution is -2.25. The van der Waals surface area contributed by atoms with Gasteiger partial charge in [0.1, 0.15) is 5.75 Å². The molecule has 2 unspecified atom stereocenters. The van der Waals surface area contributed by atoms with Crippen molar-refractivity contribution in [1.29, 1.82) is 5.26 Å². The molecule has 4 nitrogen and oxygen atoms in total. The van der Waals surface area contributed by atoms with Crippen molar-refractivity contribution >= 4 is 11.6 Å². The molecule has 0 spiro atoms. The summed E-state index contributed by atoms with van der Waals surface area (Å²) >= 11 is 6.37. The van der Waals surface area contributed by atoms with E-state index in [4.69, 9.17) is 16.3 Å². The SMILES string of the molecule is CCCCCCCCCCCCC(C#N)(CCCC(CCc1cccc(OC)c1)N=NC)c1cccc(Cl)c1. The van der Waals surface area contributed by atoms with Crippen molar-refractivity contribution in [3.05, 3.63) is 64.7 Å². The van der Waals surface area contributed by atoms with Crippen molar-refractivity contribution in [3.63, 3.8) is 0 Å². The molecule has 0 saturated heterocycles. The number of hydrogen-bond acceptors (Lipinski definition) is 4. The summed E-state index contributed by atoms with van der Waals surface area (Å²) in [6.07, 6.45) is 18.3. The van der Waals surface area contributed by atoms with Crippen LogP contribution in [0.1, 0.15) is 114 Å². The molecule has 0 fully saturated rings. The van der Waals surface area contributed by atoms with Crippen molar-refractivity contribution in [1.82, 2.24) is 0 Å². The van der Waals surface area contributed by atoms with E-state index in [2.05, 4.69) is 41.4 Å². The minimum absolute atomic E-state index is 0.147. The van der Waals surface area contributed by atoms with Gasteiger partial charge in [-0.05, 0) is 73.9 Å². The zero-order valence-corrected chi connectivity index (χ0v) is 25.4. The summed E-state index contributed by atoms with van der Waals surface area (Å²) in [5.74, 6) is 0.883. The van der Waals surface area contributed by atoms with Crippen molar-refractivity contribution in [2.24, 2.45) is 10.2 Å². The Bertz CT molecular complexity index is 1000. The Morgan fingerprint density at radius 1 is 0.872 bits per heavy atom. The summed E-state index contributed by atoms with van der Waals surface area (Å²) in [5, 5.41) is 19.8. The molecule has 0 aliphatic rings. The number of azo groups is 1. The number of benzene rings is 2. The smallest absolute Gasteiger partial charge is 0.119 e. The van der Waals surface area contributed by atoms with Crippen molar-refractivity contribution < 1.29 is 4.74 Å². The average molecular weight is 552 g/mol. The molecule has 0 amide bonds. The molecule has 39 heavy (non-hydrogen) atoms. The maximum atomic E-state index is 10.5. The molecule has 0 aliphatic carbocycles. The largest absolute Gasteiger partial charge is 0.497 e. The van der Waals surface area contributed by atoms with Crippen LogP contribution in [0.2, 0.25) is 5.02 Å². The second kappa shape index (κ2) is 19.6. The third-order valence-electron chi connectivity index (χ3n) is 7.87. The Hall–Kier alpha value is -2.38. The van der Waals surface area contributed by atoms with Gasteiger partial charge in [0.05, 0.1) is 24.6 Å². The van der Waals surface area contributed by atoms with Gasteiger partial charge in [-0.2, -0.15) is 15.5 Å². The molecule has 2 aromatic rings. The van der Waals surface area contributed by atoms with E-state index in [0.717, 1.165) is 56.3 Å². The molecule has 0 aromatic heterocycles. The molecule has 2 atom stereocenters. The molecule has 0 heterocycles. The first kappa shape index (κ1) is 32.8. The summed E-state index contributed by atoms with van der Waals surface area (Å²) in [6, 6.07) is 19.1. The van der Waals surface area contributed by atoms with Crippen LogP contribution in [0.4, 0.5) is 0 Å². The molecule has 0 radical (unpaired) electrons. The minimum atomic E-state index is -0.508. The lowest BCUT2D eigenvalue weighted by atomic mass is 9.73. The zero-order valence-electron chi connectivity index (χ0n) is 24.6. The molecule has 2 rings (SSSR count). The third kappa shape index (κ3) is 12.6. The summed E-state index contributed by atoms with van der Waals surface area (Å²) in [7, 11) is 3.44. The molecule has 2 aromatic carbocycles. The van der Waals surface area contributed by atoms with E-state index in [-0.39, 0.29) is 6.04 Å². The highest BCUT2D eigenvalue weighted by molar-refractivity contribution is 6.30. The number of nitrogens with zero attached hydrogens (tertiary/aromatic N) is 3. The van der Waals surface area contributed by atoms with Gasteiger partial charge in [-0.3, -0.25) is 0 Å². The van der Waals surface area contributed by atoms with Crippen LogP contribution in [0.25, 0.3) is 0 Å². The number of halogens is 1. The summed E-state index contributed by atoms with van der Waals surface area (Å²) in [4.78, 5) is 0. The number of nitriles is 1. The van der Waals surface area contributed by atoms with Crippen molar-refractivity contribution in [3.8, 4) is 11.8 Å². The normalized spacial score (nSPS) is 13.7. The van der Waals surface area contributed by atoms with E-state index in [1.165, 1.54) is 63.4 Å². The van der Waals surface area contributed by atoms with Gasteiger partial charge in [0.15, 0.2) is 0 Å². The van der Waals surface area contributed by atoms with Crippen molar-refractivity contribution in [2.75, 3.05) is 14.2 Å². The number of hydrogen-bond donors (Lipinski definition) is 0. The topological polar surface area (TPSA) is 57.7 Å². The molecule has 0 N–H and O–H groups in total. The van der Waals surface area contributed by atoms with E-state index in [0.29, 0.717) is 5.02 Å². The number of ether oxygens (including phenoxy) is 1. The van der Waals surface area contributed by atoms with Gasteiger partial charge in [-0.25, -0.2) is 0 Å². The quantitative estimate of drug-likeness (QED) is 0.114. The van der Waals surface area contributed by atoms with Crippen LogP contribution in [-0.2, 0) is 11.8 Å². The van der Waals surface area contributed by atoms with E-state index in [1.807, 2.05) is 30.3 Å². The second-order valence-electron chi connectivity index (χ2n) is 10.9. The molecule has 214 valence electrons. The fourth-order valence-corrected chi connectivity index (χ4v) is 5.70. The standard InChI is InChI=1S/C34H50ClN3O/c1-4-5-6-7-8-9-10-11-12-13-24-34(28-36,30-18-15-19-31(35)27-30)25-16-20-32(38-37-2)23-22-29-17-14-21-33(26-29)39-3/h14-15,17-19,21,26-27,32H,4-13,16,20,22-25H2,1-3H3. The summed E-state index contributed by atoms with van der Waals surface area (Å²) in [5.41, 5.74) is 1.79. The Kier molecular flexibility index (Phi) is 16.5. The van der Waals surface area contributed by atoms with Gasteiger partial charge in [-0.15, -0.1) is 0 Å². The van der Waals surface area contributed by atoms with Crippen LogP contribution < -0.4 is 4.74 Å². The highest BCUT2D eigenvalue weighted by Crippen LogP contribution is 2.37. The monoisotopic (exact) mass is 551 g/mol. The van der Waals surface area contributed by atoms with E-state index >= 15 is 0 Å². The number of aryl methyl sites for hydroxylation is 1. The average Bonchev–Trinajstić information content (AvgIpc) is 2.96. The second-order valence-corrected chi connectivity index (χ2v) is 11.3. The Balaban J connectivity index is 1.92. The van der Waals surface area contributed by atoms with E-state index in [1.54, 1.807) is 14.2 Å². The van der Waals surface area contributed by atoms with Gasteiger partial charge in [0, 0.05) is 12.1 Å². The number of methoxy groups -OCH3 is 1. The highest BCUT2D eigenvalue weighted by Gasteiger charge is 2.32. The van der Waals surface area contributed by atoms with Gasteiger partial charge >= 0.3 is 0 Å². The number of unbranched alkanes of at least 4 members (excludes halogenated alkanes) is 9. The van der Waals surface area contributed by atoms with Crippen LogP contribution >= 0.6 is 11.6 Å². The first-order valence-corrected chi connectivity index (χ1v) is 15.5. The van der Waals surface area contributed by atoms with Gasteiger partial charge < -0.3 is 4.74 Å². The molecular weight excluding hydrogens is 502 g/mol. The molecular formula is C34H50ClN3O. The first-order valence-electron chi connectivity index (χ1n) is 15.2. The van der Waals surface area contributed by atoms with Gasteiger partial charge in [0.25, 0.3) is 0 Å². The zero-order chi connectivity index (χ0) is 28.2. The first-order chi connectivity index (χ1) is 19.1. The van der Waals surface area contributed by atoms with E-state index < -0.39 is 5.41 Å². The molecule has 0 bridgehead atoms. The maximum absolute atomic E-state index is 10.5. The predicted molar refractivity (Wildman–Crippen MR) is 165 cm³/mol. The van der Waals surface area contributed by atoms with E-state index in [9.17, 15) is 5.26 Å². The fraction of sp³-hybridized carbons (Fsp3) is 0.618. The minimum Gasteiger partial charge on any atom is -0.497 e. The Morgan fingerprint density at radius 3 is 2.18 bits per heavy atom. The molecule has 0 aliphatic heterocycles. The molecule has 0 saturated carbocycles. The van der Waals surface area contributed by atoms with Crippen LogP contribution in [0.5, 0.6) is 5.75 Å². The van der Waals surface area contributed by atoms with Crippen LogP contribution in [-0.4, -0.2) is 20.2 Å². The van der Waals surface area contributed by atoms with Crippen LogP contribution in [0, 0.1) is 11.3 Å². The number of rotatable bonds is 21. The lowest BCUT2D eigenvalue weighted by Gasteiger charge is -2.28. The fourth-order valence-electron chi connectivity index (χ4n) is 5.51. The Labute approximate surface area is 243 Å². The lowest BCUT2D eigenvalue weighted by molar-refractivity contribution is 0.399. The van der Waals surface area contributed by atoms with Crippen molar-refractivity contribution in [2.45, 2.75) is 121 Å². The van der Waals surface area contributed by atoms with Gasteiger partial charge in [0.2, 0.25) is 0 Å². The molecule has 5 heteroatoms. The Morgan fingerprint density at radius 2 is 1.54 bits per heavy atom. The van der Waals surface area contributed by atoms with Crippen LogP contribution in [0.3, 0.4) is 0 Å². The highest BCUT2D eigenvalue weighted by atomic mass is 35.5. The maximum Gasteiger partial charge on any atom is 0.119 e. The predicted octanol–water partition coefficient (Wildman–Crippen LogP) is 10.7.